The van der Waals surface area contributed by atoms with Crippen LogP contribution in [0.5, 0.6) is 0 Å². The molecule has 1 fully saturated rings. The quantitative estimate of drug-likeness (QED) is 0.207. The molecule has 3 aliphatic rings. The SMILES string of the molecule is C=C(/C=C\C=C(/C)n1ncc(C(=O)N=O)c1CC)C1=CCCC(C)=C1OCc1cc(C)c2c(c1C)CN(C1CCOCC1)C2. The molecule has 8 heteroatoms. The molecule has 0 N–H and O–H groups in total. The number of nitroso groups, excluding NO2 is 1. The number of nitrogens with zero attached hydrogens (tertiary/aromatic N) is 4. The maximum absolute atomic E-state index is 11.9. The van der Waals surface area contributed by atoms with E-state index >= 15 is 0 Å². The minimum absolute atomic E-state index is 0.240. The van der Waals surface area contributed by atoms with Crippen LogP contribution in [0.2, 0.25) is 0 Å². The highest BCUT2D eigenvalue weighted by atomic mass is 16.5. The fourth-order valence-electron chi connectivity index (χ4n) is 6.68. The molecule has 0 atom stereocenters. The first-order valence-corrected chi connectivity index (χ1v) is 15.7. The molecule has 232 valence electrons. The Bertz CT molecular complexity index is 1580. The van der Waals surface area contributed by atoms with Crippen LogP contribution in [0.4, 0.5) is 0 Å². The number of rotatable bonds is 10. The average molecular weight is 597 g/mol. The Labute approximate surface area is 260 Å². The second-order valence-corrected chi connectivity index (χ2v) is 12.1. The standard InChI is InChI=1S/C36H44N4O4/c1-7-34-31(36(41)38-42)19-37-40(34)26(5)12-8-10-23(2)30-13-9-11-24(3)35(30)44-22-28-18-25(4)32-20-39(21-33(32)27(28)6)29-14-16-43-17-15-29/h8,10,12-13,18-19,29H,2,7,9,11,14-17,20-22H2,1,3-6H3/b10-8-,26-12+. The summed E-state index contributed by atoms with van der Waals surface area (Å²) in [7, 11) is 0. The van der Waals surface area contributed by atoms with E-state index in [2.05, 4.69) is 54.7 Å². The van der Waals surface area contributed by atoms with E-state index < -0.39 is 5.91 Å². The summed E-state index contributed by atoms with van der Waals surface area (Å²) in [5.74, 6) is 0.115. The number of carbonyl (C=O) groups is 1. The Balaban J connectivity index is 1.28. The molecule has 1 aliphatic carbocycles. The summed E-state index contributed by atoms with van der Waals surface area (Å²) in [5.41, 5.74) is 11.7. The van der Waals surface area contributed by atoms with Crippen LogP contribution in [0, 0.1) is 18.8 Å². The van der Waals surface area contributed by atoms with Gasteiger partial charge in [0.25, 0.3) is 0 Å². The first kappa shape index (κ1) is 31.5. The lowest BCUT2D eigenvalue weighted by Gasteiger charge is -2.30. The molecule has 0 bridgehead atoms. The molecule has 44 heavy (non-hydrogen) atoms. The molecule has 0 saturated carbocycles. The minimum Gasteiger partial charge on any atom is -0.488 e. The van der Waals surface area contributed by atoms with E-state index in [1.54, 1.807) is 4.68 Å². The van der Waals surface area contributed by atoms with Crippen LogP contribution in [0.3, 0.4) is 0 Å². The van der Waals surface area contributed by atoms with Crippen molar-refractivity contribution in [2.24, 2.45) is 5.18 Å². The van der Waals surface area contributed by atoms with Gasteiger partial charge in [0, 0.05) is 48.8 Å². The van der Waals surface area contributed by atoms with Gasteiger partial charge < -0.3 is 9.47 Å². The summed E-state index contributed by atoms with van der Waals surface area (Å²) < 4.78 is 13.9. The normalized spacial score (nSPS) is 18.1. The van der Waals surface area contributed by atoms with E-state index in [4.69, 9.17) is 9.47 Å². The van der Waals surface area contributed by atoms with E-state index in [1.807, 2.05) is 32.1 Å². The Hall–Kier alpha value is -3.88. The van der Waals surface area contributed by atoms with Crippen LogP contribution in [0.25, 0.3) is 5.70 Å². The molecule has 3 heterocycles. The number of fused-ring (bicyclic) bond motifs is 1. The van der Waals surface area contributed by atoms with Gasteiger partial charge in [-0.2, -0.15) is 5.10 Å². The maximum Gasteiger partial charge on any atom is 0.320 e. The molecule has 0 spiro atoms. The van der Waals surface area contributed by atoms with Crippen LogP contribution in [-0.4, -0.2) is 39.8 Å². The summed E-state index contributed by atoms with van der Waals surface area (Å²) in [6, 6.07) is 2.92. The molecule has 1 saturated heterocycles. The van der Waals surface area contributed by atoms with Crippen molar-refractivity contribution in [1.82, 2.24) is 14.7 Å². The summed E-state index contributed by atoms with van der Waals surface area (Å²) >= 11 is 0. The molecule has 8 nitrogen and oxygen atoms in total. The number of benzene rings is 1. The first-order chi connectivity index (χ1) is 21.2. The molecule has 0 radical (unpaired) electrons. The topological polar surface area (TPSA) is 86.0 Å². The zero-order valence-electron chi connectivity index (χ0n) is 26.7. The fraction of sp³-hybridized carbons (Fsp3) is 0.444. The van der Waals surface area contributed by atoms with Crippen molar-refractivity contribution in [2.45, 2.75) is 92.5 Å². The zero-order valence-corrected chi connectivity index (χ0v) is 26.7. The lowest BCUT2D eigenvalue weighted by atomic mass is 9.93. The Morgan fingerprint density at radius 2 is 1.95 bits per heavy atom. The summed E-state index contributed by atoms with van der Waals surface area (Å²) in [4.78, 5) is 25.3. The maximum atomic E-state index is 11.9. The van der Waals surface area contributed by atoms with Crippen molar-refractivity contribution in [2.75, 3.05) is 13.2 Å². The number of carbonyl (C=O) groups excluding carboxylic acids is 1. The monoisotopic (exact) mass is 596 g/mol. The Morgan fingerprint density at radius 1 is 1.20 bits per heavy atom. The third-order valence-corrected chi connectivity index (χ3v) is 9.30. The van der Waals surface area contributed by atoms with Crippen molar-refractivity contribution < 1.29 is 14.3 Å². The van der Waals surface area contributed by atoms with Gasteiger partial charge in [-0.1, -0.05) is 37.8 Å². The van der Waals surface area contributed by atoms with Crippen molar-refractivity contribution >= 4 is 11.6 Å². The Kier molecular flexibility index (Phi) is 9.91. The Morgan fingerprint density at radius 3 is 2.68 bits per heavy atom. The van der Waals surface area contributed by atoms with Gasteiger partial charge in [0.15, 0.2) is 0 Å². The number of ether oxygens (including phenoxy) is 2. The van der Waals surface area contributed by atoms with Crippen molar-refractivity contribution in [3.8, 4) is 0 Å². The first-order valence-electron chi connectivity index (χ1n) is 15.7. The van der Waals surface area contributed by atoms with Crippen molar-refractivity contribution in [1.29, 1.82) is 0 Å². The number of hydrogen-bond donors (Lipinski definition) is 0. The smallest absolute Gasteiger partial charge is 0.320 e. The lowest BCUT2D eigenvalue weighted by Crippen LogP contribution is -2.35. The number of hydrogen-bond acceptors (Lipinski definition) is 6. The van der Waals surface area contributed by atoms with E-state index in [0.29, 0.717) is 24.8 Å². The van der Waals surface area contributed by atoms with E-state index in [0.717, 1.165) is 74.6 Å². The third kappa shape index (κ3) is 6.47. The molecule has 1 aromatic carbocycles. The molecular formula is C36H44N4O4. The predicted octanol–water partition coefficient (Wildman–Crippen LogP) is 7.65. The van der Waals surface area contributed by atoms with Gasteiger partial charge in [0.1, 0.15) is 12.4 Å². The second-order valence-electron chi connectivity index (χ2n) is 12.1. The van der Waals surface area contributed by atoms with Gasteiger partial charge in [0.05, 0.1) is 17.5 Å². The number of aryl methyl sites for hydroxylation is 1. The van der Waals surface area contributed by atoms with Gasteiger partial charge >= 0.3 is 5.91 Å². The molecule has 1 aromatic heterocycles. The van der Waals surface area contributed by atoms with Gasteiger partial charge in [-0.15, -0.1) is 4.91 Å². The second kappa shape index (κ2) is 13.8. The minimum atomic E-state index is -0.800. The highest BCUT2D eigenvalue weighted by Gasteiger charge is 2.30. The predicted molar refractivity (Wildman–Crippen MR) is 174 cm³/mol. The van der Waals surface area contributed by atoms with Gasteiger partial charge in [-0.05, 0) is 105 Å². The van der Waals surface area contributed by atoms with Gasteiger partial charge in [-0.25, -0.2) is 4.68 Å². The van der Waals surface area contributed by atoms with Gasteiger partial charge in [0.2, 0.25) is 0 Å². The highest BCUT2D eigenvalue weighted by molar-refractivity contribution is 5.95. The average Bonchev–Trinajstić information content (AvgIpc) is 3.68. The molecular weight excluding hydrogens is 552 g/mol. The molecule has 2 aromatic rings. The summed E-state index contributed by atoms with van der Waals surface area (Å²) in [6.45, 7) is 19.1. The van der Waals surface area contributed by atoms with E-state index in [9.17, 15) is 9.70 Å². The van der Waals surface area contributed by atoms with Crippen molar-refractivity contribution in [3.05, 3.63) is 110 Å². The van der Waals surface area contributed by atoms with E-state index in [1.165, 1.54) is 39.6 Å². The summed E-state index contributed by atoms with van der Waals surface area (Å²) in [6.07, 6.45) is 14.1. The number of aromatic nitrogens is 2. The van der Waals surface area contributed by atoms with Gasteiger partial charge in [-0.3, -0.25) is 9.69 Å². The molecule has 0 unspecified atom stereocenters. The number of allylic oxidation sites excluding steroid dienone is 7. The third-order valence-electron chi connectivity index (χ3n) is 9.30. The van der Waals surface area contributed by atoms with Crippen LogP contribution >= 0.6 is 0 Å². The lowest BCUT2D eigenvalue weighted by molar-refractivity contribution is 0.0325. The highest BCUT2D eigenvalue weighted by Crippen LogP contribution is 2.36. The molecule has 2 aliphatic heterocycles. The number of amides is 1. The fourth-order valence-corrected chi connectivity index (χ4v) is 6.68. The van der Waals surface area contributed by atoms with Crippen LogP contribution in [0.15, 0.2) is 70.8 Å². The van der Waals surface area contributed by atoms with Crippen LogP contribution < -0.4 is 0 Å². The largest absolute Gasteiger partial charge is 0.488 e. The van der Waals surface area contributed by atoms with E-state index in [-0.39, 0.29) is 5.56 Å². The van der Waals surface area contributed by atoms with Crippen molar-refractivity contribution in [3.63, 3.8) is 0 Å². The molecule has 5 rings (SSSR count). The molecule has 1 amide bonds. The van der Waals surface area contributed by atoms with Crippen LogP contribution in [-0.2, 0) is 35.6 Å². The summed E-state index contributed by atoms with van der Waals surface area (Å²) in [5, 5.41) is 6.86. The van der Waals surface area contributed by atoms with Crippen LogP contribution in [0.1, 0.15) is 90.3 Å². The zero-order chi connectivity index (χ0) is 31.4.